The molecule has 2 nitrogen and oxygen atoms in total. The van der Waals surface area contributed by atoms with Crippen molar-refractivity contribution in [2.24, 2.45) is 5.73 Å². The number of hydrogen-bond donors (Lipinski definition) is 2. The number of nitrogens with two attached hydrogens (primary N) is 2. The summed E-state index contributed by atoms with van der Waals surface area (Å²) in [5, 5.41) is 2.28. The quantitative estimate of drug-likeness (QED) is 0.671. The Morgan fingerprint density at radius 3 is 2.71 bits per heavy atom. The minimum Gasteiger partial charge on any atom is -0.398 e. The fraction of sp³-hybridized carbons (Fsp3) is 0.167. The second-order valence-electron chi connectivity index (χ2n) is 3.55. The van der Waals surface area contributed by atoms with E-state index < -0.39 is 0 Å². The molecule has 0 atom stereocenters. The predicted octanol–water partition coefficient (Wildman–Crippen LogP) is 2.19. The smallest absolute Gasteiger partial charge is 0.0393 e. The van der Waals surface area contributed by atoms with Crippen LogP contribution < -0.4 is 11.5 Å². The highest BCUT2D eigenvalue weighted by atomic mass is 14.6. The number of fused-ring (bicyclic) bond motifs is 1. The van der Waals surface area contributed by atoms with Crippen molar-refractivity contribution in [3.63, 3.8) is 0 Å². The summed E-state index contributed by atoms with van der Waals surface area (Å²) in [5.74, 6) is 0. The Hall–Kier alpha value is -1.54. The van der Waals surface area contributed by atoms with Crippen LogP contribution in [0.4, 0.5) is 5.69 Å². The Balaban J connectivity index is 2.79. The largest absolute Gasteiger partial charge is 0.398 e. The van der Waals surface area contributed by atoms with Crippen molar-refractivity contribution in [3.8, 4) is 0 Å². The van der Waals surface area contributed by atoms with E-state index in [1.165, 1.54) is 11.1 Å². The maximum absolute atomic E-state index is 5.89. The SMILES string of the molecule is Cc1cc2c(N)cccc2cc1CN. The molecular weight excluding hydrogens is 172 g/mol. The summed E-state index contributed by atoms with van der Waals surface area (Å²) < 4.78 is 0. The van der Waals surface area contributed by atoms with E-state index in [1.807, 2.05) is 12.1 Å². The molecule has 0 amide bonds. The third-order valence-electron chi connectivity index (χ3n) is 2.59. The number of benzene rings is 2. The van der Waals surface area contributed by atoms with Crippen molar-refractivity contribution < 1.29 is 0 Å². The van der Waals surface area contributed by atoms with Crippen LogP contribution in [0.15, 0.2) is 30.3 Å². The molecule has 0 fully saturated rings. The van der Waals surface area contributed by atoms with E-state index in [1.54, 1.807) is 0 Å². The van der Waals surface area contributed by atoms with Crippen molar-refractivity contribution >= 4 is 16.5 Å². The molecule has 2 aromatic rings. The lowest BCUT2D eigenvalue weighted by Crippen LogP contribution is -1.99. The minimum atomic E-state index is 0.580. The first-order valence-corrected chi connectivity index (χ1v) is 4.70. The highest BCUT2D eigenvalue weighted by molar-refractivity contribution is 5.93. The van der Waals surface area contributed by atoms with Gasteiger partial charge >= 0.3 is 0 Å². The van der Waals surface area contributed by atoms with Gasteiger partial charge in [0, 0.05) is 17.6 Å². The van der Waals surface area contributed by atoms with Gasteiger partial charge in [0.05, 0.1) is 0 Å². The van der Waals surface area contributed by atoms with Gasteiger partial charge in [0.2, 0.25) is 0 Å². The van der Waals surface area contributed by atoms with E-state index in [2.05, 4.69) is 25.1 Å². The van der Waals surface area contributed by atoms with Crippen LogP contribution in [0.3, 0.4) is 0 Å². The van der Waals surface area contributed by atoms with Crippen LogP contribution in [0.25, 0.3) is 10.8 Å². The Kier molecular flexibility index (Phi) is 2.14. The summed E-state index contributed by atoms with van der Waals surface area (Å²) in [7, 11) is 0. The second-order valence-corrected chi connectivity index (χ2v) is 3.55. The number of nitrogen functional groups attached to an aromatic ring is 1. The third kappa shape index (κ3) is 1.34. The molecule has 0 saturated heterocycles. The number of rotatable bonds is 1. The average molecular weight is 186 g/mol. The zero-order valence-electron chi connectivity index (χ0n) is 8.25. The predicted molar refractivity (Wildman–Crippen MR) is 61.0 cm³/mol. The Morgan fingerprint density at radius 1 is 1.21 bits per heavy atom. The fourth-order valence-electron chi connectivity index (χ4n) is 1.72. The lowest BCUT2D eigenvalue weighted by atomic mass is 10.0. The molecule has 0 heterocycles. The van der Waals surface area contributed by atoms with Crippen LogP contribution in [0, 0.1) is 6.92 Å². The van der Waals surface area contributed by atoms with Gasteiger partial charge in [-0.15, -0.1) is 0 Å². The summed E-state index contributed by atoms with van der Waals surface area (Å²) in [6, 6.07) is 10.2. The zero-order chi connectivity index (χ0) is 10.1. The van der Waals surface area contributed by atoms with Crippen LogP contribution in [0.1, 0.15) is 11.1 Å². The van der Waals surface area contributed by atoms with Crippen LogP contribution in [-0.4, -0.2) is 0 Å². The summed E-state index contributed by atoms with van der Waals surface area (Å²) in [6.45, 7) is 2.64. The van der Waals surface area contributed by atoms with Crippen molar-refractivity contribution in [1.82, 2.24) is 0 Å². The molecule has 4 N–H and O–H groups in total. The molecule has 0 radical (unpaired) electrons. The molecular formula is C12H14N2. The van der Waals surface area contributed by atoms with E-state index in [0.29, 0.717) is 6.54 Å². The molecule has 0 unspecified atom stereocenters. The molecule has 0 spiro atoms. The van der Waals surface area contributed by atoms with Crippen LogP contribution in [0.2, 0.25) is 0 Å². The van der Waals surface area contributed by atoms with E-state index in [9.17, 15) is 0 Å². The number of anilines is 1. The van der Waals surface area contributed by atoms with Gasteiger partial charge in [-0.1, -0.05) is 12.1 Å². The standard InChI is InChI=1S/C12H14N2/c1-8-5-11-9(6-10(8)7-13)3-2-4-12(11)14/h2-6H,7,13-14H2,1H3. The van der Waals surface area contributed by atoms with Crippen molar-refractivity contribution in [2.45, 2.75) is 13.5 Å². The highest BCUT2D eigenvalue weighted by Gasteiger charge is 2.01. The van der Waals surface area contributed by atoms with Gasteiger partial charge in [-0.25, -0.2) is 0 Å². The molecule has 0 aliphatic heterocycles. The lowest BCUT2D eigenvalue weighted by Gasteiger charge is -2.07. The molecule has 0 aromatic heterocycles. The zero-order valence-corrected chi connectivity index (χ0v) is 8.25. The van der Waals surface area contributed by atoms with Gasteiger partial charge in [0.15, 0.2) is 0 Å². The fourth-order valence-corrected chi connectivity index (χ4v) is 1.72. The van der Waals surface area contributed by atoms with Gasteiger partial charge in [-0.2, -0.15) is 0 Å². The lowest BCUT2D eigenvalue weighted by molar-refractivity contribution is 1.05. The summed E-state index contributed by atoms with van der Waals surface area (Å²) >= 11 is 0. The first kappa shape index (κ1) is 9.03. The molecule has 14 heavy (non-hydrogen) atoms. The Bertz CT molecular complexity index is 475. The Morgan fingerprint density at radius 2 is 2.00 bits per heavy atom. The monoisotopic (exact) mass is 186 g/mol. The highest BCUT2D eigenvalue weighted by Crippen LogP contribution is 2.24. The maximum atomic E-state index is 5.89. The first-order valence-electron chi connectivity index (χ1n) is 4.70. The molecule has 0 aliphatic rings. The summed E-state index contributed by atoms with van der Waals surface area (Å²) in [5.41, 5.74) is 14.8. The maximum Gasteiger partial charge on any atom is 0.0393 e. The van der Waals surface area contributed by atoms with E-state index in [4.69, 9.17) is 11.5 Å². The molecule has 2 heteroatoms. The number of hydrogen-bond acceptors (Lipinski definition) is 2. The Labute approximate surface area is 83.5 Å². The minimum absolute atomic E-state index is 0.580. The van der Waals surface area contributed by atoms with Gasteiger partial charge in [0.1, 0.15) is 0 Å². The normalized spacial score (nSPS) is 10.7. The van der Waals surface area contributed by atoms with Gasteiger partial charge < -0.3 is 11.5 Å². The summed E-state index contributed by atoms with van der Waals surface area (Å²) in [4.78, 5) is 0. The molecule has 0 bridgehead atoms. The van der Waals surface area contributed by atoms with E-state index >= 15 is 0 Å². The van der Waals surface area contributed by atoms with Crippen LogP contribution in [-0.2, 0) is 6.54 Å². The second kappa shape index (κ2) is 3.31. The molecule has 2 rings (SSSR count). The van der Waals surface area contributed by atoms with Crippen molar-refractivity contribution in [3.05, 3.63) is 41.5 Å². The van der Waals surface area contributed by atoms with E-state index in [0.717, 1.165) is 16.5 Å². The molecule has 0 saturated carbocycles. The number of aryl methyl sites for hydroxylation is 1. The summed E-state index contributed by atoms with van der Waals surface area (Å²) in [6.07, 6.45) is 0. The molecule has 72 valence electrons. The van der Waals surface area contributed by atoms with Gasteiger partial charge in [-0.3, -0.25) is 0 Å². The van der Waals surface area contributed by atoms with Crippen molar-refractivity contribution in [2.75, 3.05) is 5.73 Å². The van der Waals surface area contributed by atoms with Crippen LogP contribution >= 0.6 is 0 Å². The average Bonchev–Trinajstić information content (AvgIpc) is 2.19. The van der Waals surface area contributed by atoms with E-state index in [-0.39, 0.29) is 0 Å². The van der Waals surface area contributed by atoms with Crippen LogP contribution in [0.5, 0.6) is 0 Å². The van der Waals surface area contributed by atoms with Gasteiger partial charge in [0.25, 0.3) is 0 Å². The topological polar surface area (TPSA) is 52.0 Å². The third-order valence-corrected chi connectivity index (χ3v) is 2.59. The first-order chi connectivity index (χ1) is 6.72. The van der Waals surface area contributed by atoms with Gasteiger partial charge in [-0.05, 0) is 41.6 Å². The molecule has 0 aliphatic carbocycles. The van der Waals surface area contributed by atoms with Crippen molar-refractivity contribution in [1.29, 1.82) is 0 Å². The molecule has 2 aromatic carbocycles.